The standard InChI is InChI=1S/C11H16FNO2S/c1-8-7-10(12)3-4-11(8)16(14,15)9(2)5-6-13/h3-4,7,9H,5-6,13H2,1-2H3. The Kier molecular flexibility index (Phi) is 4.04. The minimum Gasteiger partial charge on any atom is -0.330 e. The number of benzene rings is 1. The van der Waals surface area contributed by atoms with Crippen LogP contribution < -0.4 is 5.73 Å². The quantitative estimate of drug-likeness (QED) is 0.820. The molecule has 0 aliphatic rings. The summed E-state index contributed by atoms with van der Waals surface area (Å²) in [5.41, 5.74) is 5.78. The molecule has 1 aromatic rings. The van der Waals surface area contributed by atoms with Gasteiger partial charge in [0.2, 0.25) is 0 Å². The normalized spacial score (nSPS) is 13.8. The zero-order valence-electron chi connectivity index (χ0n) is 9.40. The van der Waals surface area contributed by atoms with Crippen LogP contribution in [0.1, 0.15) is 18.9 Å². The van der Waals surface area contributed by atoms with Crippen LogP contribution in [-0.2, 0) is 9.84 Å². The summed E-state index contributed by atoms with van der Waals surface area (Å²) in [5, 5.41) is -0.540. The summed E-state index contributed by atoms with van der Waals surface area (Å²) in [5.74, 6) is -0.428. The number of nitrogens with two attached hydrogens (primary N) is 1. The predicted octanol–water partition coefficient (Wildman–Crippen LogP) is 1.65. The minimum atomic E-state index is -3.40. The lowest BCUT2D eigenvalue weighted by molar-refractivity contribution is 0.576. The SMILES string of the molecule is Cc1cc(F)ccc1S(=O)(=O)C(C)CCN. The van der Waals surface area contributed by atoms with E-state index in [-0.39, 0.29) is 4.90 Å². The molecule has 0 aromatic heterocycles. The number of aryl methyl sites for hydroxylation is 1. The fourth-order valence-corrected chi connectivity index (χ4v) is 3.18. The van der Waals surface area contributed by atoms with Gasteiger partial charge in [-0.05, 0) is 50.6 Å². The Hall–Kier alpha value is -0.940. The molecule has 1 atom stereocenters. The molecule has 1 aromatic carbocycles. The zero-order chi connectivity index (χ0) is 12.3. The molecule has 3 nitrogen and oxygen atoms in total. The maximum atomic E-state index is 12.9. The van der Waals surface area contributed by atoms with E-state index in [1.165, 1.54) is 12.1 Å². The van der Waals surface area contributed by atoms with E-state index in [1.807, 2.05) is 0 Å². The highest BCUT2D eigenvalue weighted by molar-refractivity contribution is 7.92. The van der Waals surface area contributed by atoms with Gasteiger partial charge in [-0.15, -0.1) is 0 Å². The second-order valence-electron chi connectivity index (χ2n) is 3.84. The van der Waals surface area contributed by atoms with Crippen molar-refractivity contribution < 1.29 is 12.8 Å². The Morgan fingerprint density at radius 1 is 1.44 bits per heavy atom. The molecular weight excluding hydrogens is 229 g/mol. The number of hydrogen-bond donors (Lipinski definition) is 1. The molecule has 5 heteroatoms. The summed E-state index contributed by atoms with van der Waals surface area (Å²) in [6.45, 7) is 3.52. The van der Waals surface area contributed by atoms with Crippen molar-refractivity contribution in [1.29, 1.82) is 0 Å². The van der Waals surface area contributed by atoms with E-state index < -0.39 is 20.9 Å². The molecule has 0 spiro atoms. The highest BCUT2D eigenvalue weighted by Crippen LogP contribution is 2.22. The van der Waals surface area contributed by atoms with Crippen LogP contribution >= 0.6 is 0 Å². The van der Waals surface area contributed by atoms with Gasteiger partial charge in [0.1, 0.15) is 5.82 Å². The Balaban J connectivity index is 3.17. The molecule has 1 rings (SSSR count). The van der Waals surface area contributed by atoms with E-state index in [2.05, 4.69) is 0 Å². The highest BCUT2D eigenvalue weighted by Gasteiger charge is 2.24. The van der Waals surface area contributed by atoms with Gasteiger partial charge in [0.05, 0.1) is 10.1 Å². The maximum absolute atomic E-state index is 12.9. The van der Waals surface area contributed by atoms with Gasteiger partial charge in [-0.25, -0.2) is 12.8 Å². The Bertz CT molecular complexity index is 471. The first-order valence-electron chi connectivity index (χ1n) is 5.09. The molecule has 16 heavy (non-hydrogen) atoms. The Labute approximate surface area is 95.4 Å². The van der Waals surface area contributed by atoms with Crippen LogP contribution in [0.15, 0.2) is 23.1 Å². The lowest BCUT2D eigenvalue weighted by atomic mass is 10.2. The van der Waals surface area contributed by atoms with Gasteiger partial charge in [0.15, 0.2) is 9.84 Å². The lowest BCUT2D eigenvalue weighted by Gasteiger charge is -2.13. The summed E-state index contributed by atoms with van der Waals surface area (Å²) >= 11 is 0. The topological polar surface area (TPSA) is 60.2 Å². The third-order valence-electron chi connectivity index (χ3n) is 2.55. The first-order valence-corrected chi connectivity index (χ1v) is 6.64. The van der Waals surface area contributed by atoms with Crippen LogP contribution in [0.25, 0.3) is 0 Å². The Morgan fingerprint density at radius 2 is 2.06 bits per heavy atom. The van der Waals surface area contributed by atoms with Crippen LogP contribution in [0.3, 0.4) is 0 Å². The van der Waals surface area contributed by atoms with Crippen LogP contribution in [0, 0.1) is 12.7 Å². The van der Waals surface area contributed by atoms with Gasteiger partial charge >= 0.3 is 0 Å². The second-order valence-corrected chi connectivity index (χ2v) is 6.18. The van der Waals surface area contributed by atoms with Crippen molar-refractivity contribution in [3.63, 3.8) is 0 Å². The molecule has 0 saturated carbocycles. The average Bonchev–Trinajstić information content (AvgIpc) is 2.17. The van der Waals surface area contributed by atoms with Crippen LogP contribution in [0.2, 0.25) is 0 Å². The minimum absolute atomic E-state index is 0.190. The van der Waals surface area contributed by atoms with E-state index >= 15 is 0 Å². The Morgan fingerprint density at radius 3 is 2.56 bits per heavy atom. The molecular formula is C11H16FNO2S. The summed E-state index contributed by atoms with van der Waals surface area (Å²) in [7, 11) is -3.40. The third-order valence-corrected chi connectivity index (χ3v) is 4.91. The second kappa shape index (κ2) is 4.93. The predicted molar refractivity (Wildman–Crippen MR) is 61.5 cm³/mol. The average molecular weight is 245 g/mol. The molecule has 2 N–H and O–H groups in total. The molecule has 0 aliphatic carbocycles. The molecule has 0 radical (unpaired) electrons. The summed E-state index contributed by atoms with van der Waals surface area (Å²) < 4.78 is 37.0. The molecule has 0 fully saturated rings. The zero-order valence-corrected chi connectivity index (χ0v) is 10.2. The first-order chi connectivity index (χ1) is 7.39. The fourth-order valence-electron chi connectivity index (χ4n) is 1.54. The molecule has 0 heterocycles. The molecule has 0 bridgehead atoms. The fraction of sp³-hybridized carbons (Fsp3) is 0.455. The van der Waals surface area contributed by atoms with Gasteiger partial charge in [-0.1, -0.05) is 0 Å². The monoisotopic (exact) mass is 245 g/mol. The van der Waals surface area contributed by atoms with Gasteiger partial charge in [0, 0.05) is 0 Å². The smallest absolute Gasteiger partial charge is 0.181 e. The highest BCUT2D eigenvalue weighted by atomic mass is 32.2. The van der Waals surface area contributed by atoms with Crippen LogP contribution in [0.4, 0.5) is 4.39 Å². The van der Waals surface area contributed by atoms with E-state index in [0.29, 0.717) is 18.5 Å². The van der Waals surface area contributed by atoms with Crippen molar-refractivity contribution in [2.45, 2.75) is 30.4 Å². The summed E-state index contributed by atoms with van der Waals surface area (Å²) in [4.78, 5) is 0.190. The molecule has 0 amide bonds. The number of halogens is 1. The van der Waals surface area contributed by atoms with E-state index in [0.717, 1.165) is 6.07 Å². The van der Waals surface area contributed by atoms with Crippen molar-refractivity contribution in [2.24, 2.45) is 5.73 Å². The van der Waals surface area contributed by atoms with Gasteiger partial charge in [-0.2, -0.15) is 0 Å². The molecule has 1 unspecified atom stereocenters. The number of hydrogen-bond acceptors (Lipinski definition) is 3. The largest absolute Gasteiger partial charge is 0.330 e. The van der Waals surface area contributed by atoms with Gasteiger partial charge in [-0.3, -0.25) is 0 Å². The summed E-state index contributed by atoms with van der Waals surface area (Å²) in [6.07, 6.45) is 0.402. The van der Waals surface area contributed by atoms with E-state index in [9.17, 15) is 12.8 Å². The van der Waals surface area contributed by atoms with Crippen LogP contribution in [0.5, 0.6) is 0 Å². The lowest BCUT2D eigenvalue weighted by Crippen LogP contribution is -2.22. The third kappa shape index (κ3) is 2.59. The number of sulfone groups is 1. The maximum Gasteiger partial charge on any atom is 0.181 e. The van der Waals surface area contributed by atoms with Crippen molar-refractivity contribution in [2.75, 3.05) is 6.54 Å². The van der Waals surface area contributed by atoms with Crippen molar-refractivity contribution in [3.05, 3.63) is 29.6 Å². The summed E-state index contributed by atoms with van der Waals surface area (Å²) in [6, 6.07) is 3.70. The van der Waals surface area contributed by atoms with Gasteiger partial charge < -0.3 is 5.73 Å². The van der Waals surface area contributed by atoms with Gasteiger partial charge in [0.25, 0.3) is 0 Å². The first kappa shape index (κ1) is 13.1. The van der Waals surface area contributed by atoms with E-state index in [4.69, 9.17) is 5.73 Å². The molecule has 0 saturated heterocycles. The van der Waals surface area contributed by atoms with Crippen LogP contribution in [-0.4, -0.2) is 20.2 Å². The molecule has 90 valence electrons. The van der Waals surface area contributed by atoms with E-state index in [1.54, 1.807) is 13.8 Å². The number of rotatable bonds is 4. The molecule has 0 aliphatic heterocycles. The van der Waals surface area contributed by atoms with Crippen molar-refractivity contribution in [1.82, 2.24) is 0 Å². The van der Waals surface area contributed by atoms with Crippen molar-refractivity contribution in [3.8, 4) is 0 Å². The van der Waals surface area contributed by atoms with Crippen molar-refractivity contribution >= 4 is 9.84 Å².